The summed E-state index contributed by atoms with van der Waals surface area (Å²) >= 11 is 0. The quantitative estimate of drug-likeness (QED) is 0.596. The van der Waals surface area contributed by atoms with Gasteiger partial charge in [0.2, 0.25) is 11.8 Å². The lowest BCUT2D eigenvalue weighted by Crippen LogP contribution is -2.32. The molecule has 1 aliphatic carbocycles. The highest BCUT2D eigenvalue weighted by molar-refractivity contribution is 6.24. The second-order valence-electron chi connectivity index (χ2n) is 4.97. The van der Waals surface area contributed by atoms with Crippen LogP contribution in [0.5, 0.6) is 0 Å². The van der Waals surface area contributed by atoms with Crippen molar-refractivity contribution < 1.29 is 9.59 Å². The van der Waals surface area contributed by atoms with Crippen LogP contribution in [0, 0.1) is 30.6 Å². The van der Waals surface area contributed by atoms with E-state index in [2.05, 4.69) is 11.8 Å². The summed E-state index contributed by atoms with van der Waals surface area (Å²) in [6, 6.07) is 5.46. The minimum atomic E-state index is -0.0765. The largest absolute Gasteiger partial charge is 0.320 e. The first-order valence-corrected chi connectivity index (χ1v) is 6.31. The Morgan fingerprint density at radius 2 is 2.00 bits per heavy atom. The Balaban J connectivity index is 1.98. The lowest BCUT2D eigenvalue weighted by Gasteiger charge is -2.17. The van der Waals surface area contributed by atoms with E-state index >= 15 is 0 Å². The van der Waals surface area contributed by atoms with Gasteiger partial charge >= 0.3 is 0 Å². The van der Waals surface area contributed by atoms with Crippen LogP contribution in [0.2, 0.25) is 0 Å². The van der Waals surface area contributed by atoms with Crippen LogP contribution in [-0.2, 0) is 9.59 Å². The number of anilines is 1. The molecule has 0 spiro atoms. The molecule has 0 aromatic heterocycles. The van der Waals surface area contributed by atoms with Crippen LogP contribution >= 0.6 is 0 Å². The molecule has 0 bridgehead atoms. The van der Waals surface area contributed by atoms with Gasteiger partial charge in [0.1, 0.15) is 0 Å². The average molecular weight is 254 g/mol. The molecule has 1 aliphatic heterocycles. The Labute approximate surface area is 111 Å². The first-order chi connectivity index (χ1) is 9.13. The summed E-state index contributed by atoms with van der Waals surface area (Å²) in [5, 5.41) is 0. The van der Waals surface area contributed by atoms with Gasteiger partial charge in [0.25, 0.3) is 0 Å². The number of rotatable bonds is 1. The molecule has 19 heavy (non-hydrogen) atoms. The Bertz CT molecular complexity index is 619. The summed E-state index contributed by atoms with van der Waals surface area (Å²) in [6.45, 7) is 2.23. The maximum atomic E-state index is 12.0. The number of carbonyl (C=O) groups excluding carboxylic acids is 2. The number of aryl methyl sites for hydroxylation is 1. The smallest absolute Gasteiger partial charge is 0.237 e. The molecular formula is C15H14N2O2. The molecule has 3 rings (SSSR count). The maximum Gasteiger partial charge on any atom is 0.237 e. The normalized spacial score (nSPS) is 24.0. The van der Waals surface area contributed by atoms with Crippen molar-refractivity contribution in [3.05, 3.63) is 29.3 Å². The summed E-state index contributed by atoms with van der Waals surface area (Å²) in [6.07, 6.45) is 0.722. The average Bonchev–Trinajstić information content (AvgIpc) is 3.14. The number of benzene rings is 1. The van der Waals surface area contributed by atoms with Crippen molar-refractivity contribution in [3.8, 4) is 11.8 Å². The zero-order chi connectivity index (χ0) is 13.6. The van der Waals surface area contributed by atoms with Crippen LogP contribution in [0.25, 0.3) is 0 Å². The van der Waals surface area contributed by atoms with Crippen molar-refractivity contribution in [1.82, 2.24) is 0 Å². The third-order valence-electron chi connectivity index (χ3n) is 3.67. The molecule has 2 amide bonds. The molecule has 2 atom stereocenters. The molecule has 96 valence electrons. The predicted octanol–water partition coefficient (Wildman–Crippen LogP) is 0.815. The van der Waals surface area contributed by atoms with Crippen molar-refractivity contribution in [3.63, 3.8) is 0 Å². The number of hydrogen-bond donors (Lipinski definition) is 1. The predicted molar refractivity (Wildman–Crippen MR) is 71.2 cm³/mol. The van der Waals surface area contributed by atoms with Crippen LogP contribution in [0.1, 0.15) is 17.5 Å². The minimum Gasteiger partial charge on any atom is -0.320 e. The van der Waals surface area contributed by atoms with Crippen molar-refractivity contribution in [1.29, 1.82) is 0 Å². The van der Waals surface area contributed by atoms with Crippen molar-refractivity contribution in [2.45, 2.75) is 13.3 Å². The summed E-state index contributed by atoms with van der Waals surface area (Å²) < 4.78 is 0. The van der Waals surface area contributed by atoms with Gasteiger partial charge in [-0.3, -0.25) is 14.5 Å². The lowest BCUT2D eigenvalue weighted by atomic mass is 10.1. The highest BCUT2D eigenvalue weighted by atomic mass is 16.2. The van der Waals surface area contributed by atoms with E-state index in [4.69, 9.17) is 5.73 Å². The fourth-order valence-corrected chi connectivity index (χ4v) is 2.47. The highest BCUT2D eigenvalue weighted by Crippen LogP contribution is 2.48. The number of hydrogen-bond acceptors (Lipinski definition) is 3. The van der Waals surface area contributed by atoms with E-state index in [0.29, 0.717) is 5.69 Å². The van der Waals surface area contributed by atoms with Gasteiger partial charge in [0.05, 0.1) is 24.1 Å². The summed E-state index contributed by atoms with van der Waals surface area (Å²) in [5.41, 5.74) is 7.80. The van der Waals surface area contributed by atoms with E-state index in [9.17, 15) is 9.59 Å². The van der Waals surface area contributed by atoms with Crippen LogP contribution < -0.4 is 10.6 Å². The second-order valence-corrected chi connectivity index (χ2v) is 4.97. The van der Waals surface area contributed by atoms with E-state index < -0.39 is 0 Å². The molecule has 1 aromatic rings. The number of piperidine rings is 1. The monoisotopic (exact) mass is 254 g/mol. The second kappa shape index (κ2) is 4.22. The Kier molecular flexibility index (Phi) is 2.65. The molecule has 4 heteroatoms. The van der Waals surface area contributed by atoms with Gasteiger partial charge in [-0.05, 0) is 31.0 Å². The summed E-state index contributed by atoms with van der Waals surface area (Å²) in [7, 11) is 0. The molecule has 1 saturated carbocycles. The zero-order valence-corrected chi connectivity index (χ0v) is 10.6. The molecule has 1 aromatic carbocycles. The number of amides is 2. The molecule has 2 unspecified atom stereocenters. The third kappa shape index (κ3) is 1.83. The number of fused-ring (bicyclic) bond motifs is 1. The van der Waals surface area contributed by atoms with E-state index in [1.165, 1.54) is 4.90 Å². The fourth-order valence-electron chi connectivity index (χ4n) is 2.47. The van der Waals surface area contributed by atoms with Crippen LogP contribution in [0.3, 0.4) is 0 Å². The van der Waals surface area contributed by atoms with Crippen molar-refractivity contribution in [2.75, 3.05) is 11.4 Å². The van der Waals surface area contributed by atoms with Gasteiger partial charge in [-0.25, -0.2) is 0 Å². The summed E-state index contributed by atoms with van der Waals surface area (Å²) in [4.78, 5) is 25.3. The third-order valence-corrected chi connectivity index (χ3v) is 3.67. The molecule has 2 N–H and O–H groups in total. The van der Waals surface area contributed by atoms with E-state index in [0.717, 1.165) is 17.5 Å². The van der Waals surface area contributed by atoms with Crippen molar-refractivity contribution >= 4 is 17.5 Å². The van der Waals surface area contributed by atoms with Crippen LogP contribution in [-0.4, -0.2) is 18.4 Å². The molecule has 2 aliphatic rings. The van der Waals surface area contributed by atoms with Gasteiger partial charge in [0, 0.05) is 5.56 Å². The van der Waals surface area contributed by atoms with Gasteiger partial charge < -0.3 is 5.73 Å². The first kappa shape index (κ1) is 11.9. The van der Waals surface area contributed by atoms with Gasteiger partial charge in [-0.1, -0.05) is 17.9 Å². The minimum absolute atomic E-state index is 0.0726. The van der Waals surface area contributed by atoms with Crippen molar-refractivity contribution in [2.24, 2.45) is 17.6 Å². The number of nitrogens with two attached hydrogens (primary N) is 1. The van der Waals surface area contributed by atoms with Gasteiger partial charge in [-0.15, -0.1) is 0 Å². The lowest BCUT2D eigenvalue weighted by molar-refractivity contribution is -0.123. The Morgan fingerprint density at radius 3 is 2.63 bits per heavy atom. The molecule has 0 radical (unpaired) electrons. The van der Waals surface area contributed by atoms with E-state index in [-0.39, 0.29) is 30.2 Å². The summed E-state index contributed by atoms with van der Waals surface area (Å²) in [5.74, 6) is 5.46. The molecular weight excluding hydrogens is 240 g/mol. The topological polar surface area (TPSA) is 63.4 Å². The fraction of sp³-hybridized carbons (Fsp3) is 0.333. The maximum absolute atomic E-state index is 12.0. The first-order valence-electron chi connectivity index (χ1n) is 6.31. The Hall–Kier alpha value is -2.12. The van der Waals surface area contributed by atoms with E-state index in [1.807, 2.05) is 13.0 Å². The number of imide groups is 1. The molecule has 2 fully saturated rings. The standard InChI is InChI=1S/C15H14N2O2/c1-9-4-5-11(7-10(9)3-2-6-16)17-14(18)12-8-13(12)15(17)19/h4-5,7,12-13H,6,8,16H2,1H3. The van der Waals surface area contributed by atoms with Crippen LogP contribution in [0.15, 0.2) is 18.2 Å². The molecule has 1 heterocycles. The molecule has 1 saturated heterocycles. The van der Waals surface area contributed by atoms with Crippen LogP contribution in [0.4, 0.5) is 5.69 Å². The highest BCUT2D eigenvalue weighted by Gasteiger charge is 2.59. The Morgan fingerprint density at radius 1 is 1.32 bits per heavy atom. The van der Waals surface area contributed by atoms with E-state index in [1.54, 1.807) is 12.1 Å². The SMILES string of the molecule is Cc1ccc(N2C(=O)C3CC3C2=O)cc1C#CCN. The number of nitrogens with zero attached hydrogens (tertiary/aromatic N) is 1. The molecule has 4 nitrogen and oxygen atoms in total. The van der Waals surface area contributed by atoms with Gasteiger partial charge in [0.15, 0.2) is 0 Å². The zero-order valence-electron chi connectivity index (χ0n) is 10.6. The number of carbonyl (C=O) groups is 2. The van der Waals surface area contributed by atoms with Gasteiger partial charge in [-0.2, -0.15) is 0 Å².